The summed E-state index contributed by atoms with van der Waals surface area (Å²) < 4.78 is 13.4. The van der Waals surface area contributed by atoms with Crippen molar-refractivity contribution in [3.63, 3.8) is 0 Å². The van der Waals surface area contributed by atoms with E-state index in [1.54, 1.807) is 6.07 Å². The summed E-state index contributed by atoms with van der Waals surface area (Å²) in [6.45, 7) is 6.33. The number of aryl methyl sites for hydroxylation is 1. The van der Waals surface area contributed by atoms with Gasteiger partial charge in [0, 0.05) is 10.9 Å². The van der Waals surface area contributed by atoms with Gasteiger partial charge in [0.1, 0.15) is 10.8 Å². The second-order valence-corrected chi connectivity index (χ2v) is 8.07. The number of aromatic nitrogens is 1. The molecule has 3 rings (SSSR count). The van der Waals surface area contributed by atoms with E-state index < -0.39 is 0 Å². The molecule has 0 saturated heterocycles. The number of carbonyl (C=O) groups excluding carboxylic acids is 1. The van der Waals surface area contributed by atoms with Crippen LogP contribution in [-0.4, -0.2) is 10.9 Å². The zero-order valence-corrected chi connectivity index (χ0v) is 17.2. The highest BCUT2D eigenvalue weighted by Gasteiger charge is 2.19. The summed E-state index contributed by atoms with van der Waals surface area (Å²) in [4.78, 5) is 17.1. The van der Waals surface area contributed by atoms with Gasteiger partial charge >= 0.3 is 0 Å². The van der Waals surface area contributed by atoms with Crippen LogP contribution in [0.5, 0.6) is 0 Å². The first-order valence-electron chi connectivity index (χ1n) is 9.54. The van der Waals surface area contributed by atoms with Gasteiger partial charge in [-0.25, -0.2) is 9.37 Å². The fourth-order valence-electron chi connectivity index (χ4n) is 3.13. The third-order valence-electron chi connectivity index (χ3n) is 4.70. The van der Waals surface area contributed by atoms with E-state index in [1.165, 1.54) is 29.0 Å². The van der Waals surface area contributed by atoms with Gasteiger partial charge in [-0.1, -0.05) is 57.2 Å². The summed E-state index contributed by atoms with van der Waals surface area (Å²) in [5, 5.41) is 5.72. The lowest BCUT2D eigenvalue weighted by Crippen LogP contribution is -2.32. The van der Waals surface area contributed by atoms with Gasteiger partial charge in [0.05, 0.1) is 18.2 Å². The van der Waals surface area contributed by atoms with E-state index in [1.807, 2.05) is 11.4 Å². The highest BCUT2D eigenvalue weighted by atomic mass is 32.1. The largest absolute Gasteiger partial charge is 0.349 e. The van der Waals surface area contributed by atoms with Crippen LogP contribution in [0.3, 0.4) is 0 Å². The fourth-order valence-corrected chi connectivity index (χ4v) is 3.94. The Kier molecular flexibility index (Phi) is 6.57. The molecule has 28 heavy (non-hydrogen) atoms. The summed E-state index contributed by atoms with van der Waals surface area (Å²) in [5.41, 5.74) is 3.82. The van der Waals surface area contributed by atoms with Gasteiger partial charge < -0.3 is 5.32 Å². The highest BCUT2D eigenvalue weighted by Crippen LogP contribution is 2.25. The number of hydrogen-bond acceptors (Lipinski definition) is 3. The van der Waals surface area contributed by atoms with E-state index in [4.69, 9.17) is 0 Å². The topological polar surface area (TPSA) is 42.0 Å². The van der Waals surface area contributed by atoms with Crippen LogP contribution in [-0.2, 0) is 17.6 Å². The second-order valence-electron chi connectivity index (χ2n) is 7.22. The Morgan fingerprint density at radius 2 is 1.93 bits per heavy atom. The molecule has 5 heteroatoms. The average molecular weight is 397 g/mol. The lowest BCUT2D eigenvalue weighted by atomic mass is 9.94. The minimum Gasteiger partial charge on any atom is -0.349 e. The number of benzene rings is 2. The molecule has 146 valence electrons. The van der Waals surface area contributed by atoms with Crippen molar-refractivity contribution in [2.75, 3.05) is 0 Å². The SMILES string of the molecule is CCc1ccc(C(NC(=O)Cc2csc(-c3cccc(F)c3)n2)C(C)C)cc1. The third-order valence-corrected chi connectivity index (χ3v) is 5.64. The molecule has 3 aromatic rings. The molecular formula is C23H25FN2OS. The Morgan fingerprint density at radius 1 is 1.18 bits per heavy atom. The quantitative estimate of drug-likeness (QED) is 0.567. The molecule has 0 saturated carbocycles. The molecule has 1 aromatic heterocycles. The Hall–Kier alpha value is -2.53. The van der Waals surface area contributed by atoms with Crippen molar-refractivity contribution < 1.29 is 9.18 Å². The molecule has 0 bridgehead atoms. The fraction of sp³-hybridized carbons (Fsp3) is 0.304. The van der Waals surface area contributed by atoms with E-state index in [0.29, 0.717) is 5.69 Å². The van der Waals surface area contributed by atoms with Gasteiger partial charge in [-0.3, -0.25) is 4.79 Å². The summed E-state index contributed by atoms with van der Waals surface area (Å²) in [7, 11) is 0. The van der Waals surface area contributed by atoms with Crippen LogP contribution < -0.4 is 5.32 Å². The summed E-state index contributed by atoms with van der Waals surface area (Å²) in [6.07, 6.45) is 1.21. The minimum absolute atomic E-state index is 0.0419. The molecular weight excluding hydrogens is 371 g/mol. The molecule has 0 aliphatic heterocycles. The van der Waals surface area contributed by atoms with Crippen LogP contribution in [0.4, 0.5) is 4.39 Å². The van der Waals surface area contributed by atoms with Gasteiger partial charge in [-0.2, -0.15) is 0 Å². The Labute approximate surface area is 169 Å². The molecule has 0 aliphatic rings. The van der Waals surface area contributed by atoms with Crippen molar-refractivity contribution in [3.05, 3.63) is 76.5 Å². The maximum absolute atomic E-state index is 13.4. The predicted molar refractivity (Wildman–Crippen MR) is 113 cm³/mol. The maximum Gasteiger partial charge on any atom is 0.226 e. The molecule has 1 heterocycles. The lowest BCUT2D eigenvalue weighted by Gasteiger charge is -2.23. The maximum atomic E-state index is 13.4. The minimum atomic E-state index is -0.291. The normalized spacial score (nSPS) is 12.2. The van der Waals surface area contributed by atoms with Crippen LogP contribution in [0, 0.1) is 11.7 Å². The van der Waals surface area contributed by atoms with Crippen molar-refractivity contribution in [2.24, 2.45) is 5.92 Å². The number of nitrogens with one attached hydrogen (secondary N) is 1. The van der Waals surface area contributed by atoms with Gasteiger partial charge in [-0.15, -0.1) is 11.3 Å². The van der Waals surface area contributed by atoms with Gasteiger partial charge in [0.2, 0.25) is 5.91 Å². The van der Waals surface area contributed by atoms with E-state index in [9.17, 15) is 9.18 Å². The van der Waals surface area contributed by atoms with Crippen LogP contribution >= 0.6 is 11.3 Å². The van der Waals surface area contributed by atoms with Crippen molar-refractivity contribution >= 4 is 17.2 Å². The summed E-state index contributed by atoms with van der Waals surface area (Å²) in [5.74, 6) is -0.0788. The first kappa shape index (κ1) is 20.2. The van der Waals surface area contributed by atoms with E-state index in [2.05, 4.69) is 55.3 Å². The number of carbonyl (C=O) groups is 1. The van der Waals surface area contributed by atoms with Gasteiger partial charge in [-0.05, 0) is 35.6 Å². The number of rotatable bonds is 7. The van der Waals surface area contributed by atoms with Gasteiger partial charge in [0.15, 0.2) is 0 Å². The molecule has 0 spiro atoms. The first-order chi connectivity index (χ1) is 13.5. The Balaban J connectivity index is 1.68. The van der Waals surface area contributed by atoms with E-state index in [0.717, 1.165) is 22.6 Å². The summed E-state index contributed by atoms with van der Waals surface area (Å²) in [6, 6.07) is 14.7. The second kappa shape index (κ2) is 9.11. The number of amides is 1. The van der Waals surface area contributed by atoms with Crippen LogP contribution in [0.2, 0.25) is 0 Å². The number of hydrogen-bond donors (Lipinski definition) is 1. The zero-order chi connectivity index (χ0) is 20.1. The molecule has 0 fully saturated rings. The van der Waals surface area contributed by atoms with Crippen LogP contribution in [0.15, 0.2) is 53.9 Å². The summed E-state index contributed by atoms with van der Waals surface area (Å²) >= 11 is 1.42. The molecule has 1 N–H and O–H groups in total. The smallest absolute Gasteiger partial charge is 0.226 e. The van der Waals surface area contributed by atoms with Crippen molar-refractivity contribution in [2.45, 2.75) is 39.7 Å². The van der Waals surface area contributed by atoms with Crippen molar-refractivity contribution in [3.8, 4) is 10.6 Å². The number of halogens is 1. The molecule has 1 amide bonds. The lowest BCUT2D eigenvalue weighted by molar-refractivity contribution is -0.121. The first-order valence-corrected chi connectivity index (χ1v) is 10.4. The highest BCUT2D eigenvalue weighted by molar-refractivity contribution is 7.13. The number of nitrogens with zero attached hydrogens (tertiary/aromatic N) is 1. The Bertz CT molecular complexity index is 934. The van der Waals surface area contributed by atoms with Gasteiger partial charge in [0.25, 0.3) is 0 Å². The van der Waals surface area contributed by atoms with Crippen molar-refractivity contribution in [1.82, 2.24) is 10.3 Å². The third kappa shape index (κ3) is 5.04. The van der Waals surface area contributed by atoms with E-state index >= 15 is 0 Å². The average Bonchev–Trinajstić information content (AvgIpc) is 3.14. The monoisotopic (exact) mass is 396 g/mol. The molecule has 0 radical (unpaired) electrons. The molecule has 0 aliphatic carbocycles. The number of thiazole rings is 1. The standard InChI is InChI=1S/C23H25FN2OS/c1-4-16-8-10-17(11-9-16)22(15(2)3)26-21(27)13-20-14-28-23(25-20)18-6-5-7-19(24)12-18/h5-12,14-15,22H,4,13H2,1-3H3,(H,26,27). The molecule has 2 aromatic carbocycles. The van der Waals surface area contributed by atoms with Crippen molar-refractivity contribution in [1.29, 1.82) is 0 Å². The molecule has 1 unspecified atom stereocenters. The van der Waals surface area contributed by atoms with Crippen LogP contribution in [0.1, 0.15) is 43.6 Å². The van der Waals surface area contributed by atoms with Crippen LogP contribution in [0.25, 0.3) is 10.6 Å². The van der Waals surface area contributed by atoms with E-state index in [-0.39, 0.29) is 30.1 Å². The molecule has 1 atom stereocenters. The zero-order valence-electron chi connectivity index (χ0n) is 16.4. The molecule has 3 nitrogen and oxygen atoms in total. The Morgan fingerprint density at radius 3 is 2.57 bits per heavy atom. The predicted octanol–water partition coefficient (Wildman–Crippen LogP) is 5.57.